The molecule has 0 aliphatic rings. The van der Waals surface area contributed by atoms with E-state index in [0.29, 0.717) is 21.5 Å². The van der Waals surface area contributed by atoms with Gasteiger partial charge in [-0.25, -0.2) is 4.79 Å². The molecule has 0 unspecified atom stereocenters. The van der Waals surface area contributed by atoms with Gasteiger partial charge in [-0.1, -0.05) is 41.4 Å². The van der Waals surface area contributed by atoms with E-state index in [9.17, 15) is 9.59 Å². The Bertz CT molecular complexity index is 779. The van der Waals surface area contributed by atoms with Crippen LogP contribution in [-0.2, 0) is 14.3 Å². The van der Waals surface area contributed by atoms with E-state index >= 15 is 0 Å². The average Bonchev–Trinajstić information content (AvgIpc) is 2.57. The second-order valence-corrected chi connectivity index (χ2v) is 6.14. The molecule has 1 amide bonds. The topological polar surface area (TPSA) is 64.6 Å². The zero-order valence-electron chi connectivity index (χ0n) is 13.7. The van der Waals surface area contributed by atoms with E-state index in [2.05, 4.69) is 5.32 Å². The number of aryl methyl sites for hydroxylation is 1. The van der Waals surface area contributed by atoms with Crippen LogP contribution in [0.1, 0.15) is 12.5 Å². The van der Waals surface area contributed by atoms with Crippen molar-refractivity contribution in [1.29, 1.82) is 0 Å². The Morgan fingerprint density at radius 2 is 1.84 bits per heavy atom. The monoisotopic (exact) mass is 381 g/mol. The summed E-state index contributed by atoms with van der Waals surface area (Å²) in [5.41, 5.74) is 1.39. The Labute approximate surface area is 155 Å². The number of carbonyl (C=O) groups excluding carboxylic acids is 2. The second kappa shape index (κ2) is 8.74. The van der Waals surface area contributed by atoms with Gasteiger partial charge in [-0.2, -0.15) is 0 Å². The molecule has 0 bridgehead atoms. The Balaban J connectivity index is 1.86. The third kappa shape index (κ3) is 5.66. The molecule has 132 valence electrons. The van der Waals surface area contributed by atoms with Gasteiger partial charge in [0.1, 0.15) is 5.75 Å². The summed E-state index contributed by atoms with van der Waals surface area (Å²) in [6.07, 6.45) is -1.000. The number of carbonyl (C=O) groups is 2. The van der Waals surface area contributed by atoms with Gasteiger partial charge in [0, 0.05) is 0 Å². The molecule has 5 nitrogen and oxygen atoms in total. The number of halogens is 2. The van der Waals surface area contributed by atoms with E-state index in [-0.39, 0.29) is 6.61 Å². The van der Waals surface area contributed by atoms with Crippen LogP contribution in [0.25, 0.3) is 0 Å². The van der Waals surface area contributed by atoms with Crippen LogP contribution in [0.4, 0.5) is 5.69 Å². The number of rotatable bonds is 6. The predicted molar refractivity (Wildman–Crippen MR) is 97.3 cm³/mol. The summed E-state index contributed by atoms with van der Waals surface area (Å²) in [6, 6.07) is 12.0. The number of anilines is 1. The number of para-hydroxylation sites is 1. The lowest BCUT2D eigenvalue weighted by Crippen LogP contribution is -2.31. The first-order valence-electron chi connectivity index (χ1n) is 7.50. The van der Waals surface area contributed by atoms with E-state index in [0.717, 1.165) is 5.56 Å². The Hall–Kier alpha value is -2.24. The summed E-state index contributed by atoms with van der Waals surface area (Å²) >= 11 is 12.0. The van der Waals surface area contributed by atoms with Crippen molar-refractivity contribution in [3.8, 4) is 5.75 Å². The maximum absolute atomic E-state index is 12.1. The first-order chi connectivity index (χ1) is 11.9. The number of benzene rings is 2. The van der Waals surface area contributed by atoms with Crippen molar-refractivity contribution >= 4 is 40.8 Å². The quantitative estimate of drug-likeness (QED) is 0.759. The predicted octanol–water partition coefficient (Wildman–Crippen LogP) is 4.25. The molecule has 2 aromatic carbocycles. The smallest absolute Gasteiger partial charge is 0.344 e. The van der Waals surface area contributed by atoms with Crippen molar-refractivity contribution in [3.05, 3.63) is 58.1 Å². The second-order valence-electron chi connectivity index (χ2n) is 5.32. The SMILES string of the molecule is Cc1ccc(Cl)c(OCC(=O)O[C@H](C)C(=O)Nc2ccccc2Cl)c1. The molecule has 25 heavy (non-hydrogen) atoms. The largest absolute Gasteiger partial charge is 0.480 e. The zero-order chi connectivity index (χ0) is 18.4. The van der Waals surface area contributed by atoms with E-state index in [1.807, 2.05) is 13.0 Å². The summed E-state index contributed by atoms with van der Waals surface area (Å²) in [6.45, 7) is 2.99. The van der Waals surface area contributed by atoms with Crippen LogP contribution in [0, 0.1) is 6.92 Å². The summed E-state index contributed by atoms with van der Waals surface area (Å²) in [7, 11) is 0. The van der Waals surface area contributed by atoms with Gasteiger partial charge in [-0.3, -0.25) is 4.79 Å². The van der Waals surface area contributed by atoms with E-state index in [4.69, 9.17) is 32.7 Å². The van der Waals surface area contributed by atoms with Crippen molar-refractivity contribution in [2.24, 2.45) is 0 Å². The van der Waals surface area contributed by atoms with Crippen LogP contribution in [0.2, 0.25) is 10.0 Å². The number of esters is 1. The van der Waals surface area contributed by atoms with Crippen molar-refractivity contribution < 1.29 is 19.1 Å². The molecule has 0 radical (unpaired) electrons. The molecule has 2 rings (SSSR count). The van der Waals surface area contributed by atoms with Gasteiger partial charge in [0.25, 0.3) is 5.91 Å². The minimum Gasteiger partial charge on any atom is -0.480 e. The van der Waals surface area contributed by atoms with Gasteiger partial charge >= 0.3 is 5.97 Å². The maximum Gasteiger partial charge on any atom is 0.344 e. The number of hydrogen-bond acceptors (Lipinski definition) is 4. The standard InChI is InChI=1S/C18H17Cl2NO4/c1-11-7-8-14(20)16(9-11)24-10-17(22)25-12(2)18(23)21-15-6-4-3-5-13(15)19/h3-9,12H,10H2,1-2H3,(H,21,23)/t12-/m1/s1. The molecule has 0 aromatic heterocycles. The highest BCUT2D eigenvalue weighted by molar-refractivity contribution is 6.33. The molecular formula is C18H17Cl2NO4. The fourth-order valence-corrected chi connectivity index (χ4v) is 2.29. The molecule has 0 aliphatic heterocycles. The number of ether oxygens (including phenoxy) is 2. The van der Waals surface area contributed by atoms with Crippen LogP contribution >= 0.6 is 23.2 Å². The fraction of sp³-hybridized carbons (Fsp3) is 0.222. The molecule has 1 N–H and O–H groups in total. The van der Waals surface area contributed by atoms with Gasteiger partial charge in [-0.05, 0) is 43.7 Å². The lowest BCUT2D eigenvalue weighted by Gasteiger charge is -2.15. The van der Waals surface area contributed by atoms with Gasteiger partial charge in [0.2, 0.25) is 0 Å². The average molecular weight is 382 g/mol. The summed E-state index contributed by atoms with van der Waals surface area (Å²) in [5.74, 6) is -0.791. The highest BCUT2D eigenvalue weighted by Crippen LogP contribution is 2.25. The van der Waals surface area contributed by atoms with Crippen molar-refractivity contribution in [2.75, 3.05) is 11.9 Å². The van der Waals surface area contributed by atoms with Crippen molar-refractivity contribution in [2.45, 2.75) is 20.0 Å². The van der Waals surface area contributed by atoms with Crippen LogP contribution in [0.3, 0.4) is 0 Å². The Kier molecular flexibility index (Phi) is 6.67. The minimum atomic E-state index is -1.000. The molecule has 1 atom stereocenters. The van der Waals surface area contributed by atoms with Gasteiger partial charge in [0.15, 0.2) is 12.7 Å². The summed E-state index contributed by atoms with van der Waals surface area (Å²) in [5, 5.41) is 3.38. The maximum atomic E-state index is 12.1. The Morgan fingerprint density at radius 1 is 1.12 bits per heavy atom. The van der Waals surface area contributed by atoms with Crippen LogP contribution in [0.5, 0.6) is 5.75 Å². The molecule has 2 aromatic rings. The van der Waals surface area contributed by atoms with E-state index in [1.54, 1.807) is 36.4 Å². The summed E-state index contributed by atoms with van der Waals surface area (Å²) < 4.78 is 10.4. The molecular weight excluding hydrogens is 365 g/mol. The van der Waals surface area contributed by atoms with Crippen LogP contribution in [-0.4, -0.2) is 24.6 Å². The van der Waals surface area contributed by atoms with Crippen LogP contribution in [0.15, 0.2) is 42.5 Å². The van der Waals surface area contributed by atoms with E-state index < -0.39 is 18.0 Å². The normalized spacial score (nSPS) is 11.5. The van der Waals surface area contributed by atoms with Gasteiger partial charge < -0.3 is 14.8 Å². The number of hydrogen-bond donors (Lipinski definition) is 1. The van der Waals surface area contributed by atoms with Gasteiger partial charge in [-0.15, -0.1) is 0 Å². The molecule has 0 spiro atoms. The fourth-order valence-electron chi connectivity index (χ4n) is 1.94. The number of amides is 1. The first kappa shape index (κ1) is 19.1. The molecule has 0 saturated carbocycles. The third-order valence-corrected chi connectivity index (χ3v) is 3.88. The van der Waals surface area contributed by atoms with E-state index in [1.165, 1.54) is 6.92 Å². The highest BCUT2D eigenvalue weighted by Gasteiger charge is 2.19. The first-order valence-corrected chi connectivity index (χ1v) is 8.26. The Morgan fingerprint density at radius 3 is 2.56 bits per heavy atom. The molecule has 0 aliphatic carbocycles. The van der Waals surface area contributed by atoms with Gasteiger partial charge in [0.05, 0.1) is 15.7 Å². The van der Waals surface area contributed by atoms with Crippen molar-refractivity contribution in [1.82, 2.24) is 0 Å². The third-order valence-electron chi connectivity index (χ3n) is 3.24. The molecule has 0 saturated heterocycles. The highest BCUT2D eigenvalue weighted by atomic mass is 35.5. The van der Waals surface area contributed by atoms with Crippen molar-refractivity contribution in [3.63, 3.8) is 0 Å². The number of nitrogens with one attached hydrogen (secondary N) is 1. The van der Waals surface area contributed by atoms with Crippen LogP contribution < -0.4 is 10.1 Å². The minimum absolute atomic E-state index is 0.354. The molecule has 0 fully saturated rings. The zero-order valence-corrected chi connectivity index (χ0v) is 15.2. The lowest BCUT2D eigenvalue weighted by molar-refractivity contribution is -0.155. The lowest BCUT2D eigenvalue weighted by atomic mass is 10.2. The molecule has 0 heterocycles. The summed E-state index contributed by atoms with van der Waals surface area (Å²) in [4.78, 5) is 23.9. The molecule has 7 heteroatoms.